The highest BCUT2D eigenvalue weighted by atomic mass is 35.5. The molecule has 1 aromatic rings. The van der Waals surface area contributed by atoms with Gasteiger partial charge in [0.1, 0.15) is 5.60 Å². The Labute approximate surface area is 121 Å². The Morgan fingerprint density at radius 3 is 2.65 bits per heavy atom. The summed E-state index contributed by atoms with van der Waals surface area (Å²) in [6.45, 7) is 5.25. The average molecular weight is 299 g/mol. The van der Waals surface area contributed by atoms with Crippen LogP contribution < -0.4 is 5.32 Å². The van der Waals surface area contributed by atoms with E-state index in [9.17, 15) is 14.9 Å². The van der Waals surface area contributed by atoms with Gasteiger partial charge in [0.15, 0.2) is 0 Å². The van der Waals surface area contributed by atoms with Gasteiger partial charge in [0.05, 0.1) is 4.92 Å². The van der Waals surface area contributed by atoms with Crippen molar-refractivity contribution in [2.24, 2.45) is 0 Å². The Kier molecular flexibility index (Phi) is 5.10. The molecule has 1 amide bonds. The largest absolute Gasteiger partial charge is 0.444 e. The number of hydrogen-bond acceptors (Lipinski definition) is 4. The van der Waals surface area contributed by atoms with Crippen molar-refractivity contribution in [3.05, 3.63) is 45.1 Å². The lowest BCUT2D eigenvalue weighted by molar-refractivity contribution is -0.400. The number of carbonyl (C=O) groups excluding carboxylic acids is 1. The van der Waals surface area contributed by atoms with Crippen LogP contribution in [0.2, 0.25) is 5.02 Å². The smallest absolute Gasteiger partial charge is 0.412 e. The number of nitro groups is 1. The predicted molar refractivity (Wildman–Crippen MR) is 77.3 cm³/mol. The standard InChI is InChI=1S/C13H15ClN2O4/c1-13(2,3)20-12(17)15-10-4-5-11(14)9(8-10)6-7-16(18)19/h4-8H,1-3H3,(H,15,17)/b7-6+. The maximum atomic E-state index is 11.6. The predicted octanol–water partition coefficient (Wildman–Crippen LogP) is 3.93. The van der Waals surface area contributed by atoms with Gasteiger partial charge in [0.25, 0.3) is 0 Å². The second-order valence-corrected chi connectivity index (χ2v) is 5.37. The molecule has 0 radical (unpaired) electrons. The summed E-state index contributed by atoms with van der Waals surface area (Å²) in [5.41, 5.74) is 0.258. The zero-order chi connectivity index (χ0) is 15.3. The van der Waals surface area contributed by atoms with Crippen molar-refractivity contribution in [3.8, 4) is 0 Å². The van der Waals surface area contributed by atoms with Gasteiger partial charge in [-0.1, -0.05) is 11.6 Å². The van der Waals surface area contributed by atoms with Crippen molar-refractivity contribution >= 4 is 29.5 Å². The second kappa shape index (κ2) is 6.38. The summed E-state index contributed by atoms with van der Waals surface area (Å²) in [6, 6.07) is 4.63. The molecule has 6 nitrogen and oxygen atoms in total. The number of nitrogens with one attached hydrogen (secondary N) is 1. The molecule has 0 aliphatic rings. The van der Waals surface area contributed by atoms with Gasteiger partial charge < -0.3 is 4.74 Å². The molecule has 1 N–H and O–H groups in total. The van der Waals surface area contributed by atoms with E-state index in [1.54, 1.807) is 26.8 Å². The Bertz CT molecular complexity index is 550. The molecule has 0 unspecified atom stereocenters. The molecule has 0 bridgehead atoms. The molecule has 0 fully saturated rings. The number of rotatable bonds is 3. The lowest BCUT2D eigenvalue weighted by Crippen LogP contribution is -2.27. The SMILES string of the molecule is CC(C)(C)OC(=O)Nc1ccc(Cl)c(/C=C/[N+](=O)[O-])c1. The highest BCUT2D eigenvalue weighted by Crippen LogP contribution is 2.22. The lowest BCUT2D eigenvalue weighted by Gasteiger charge is -2.19. The van der Waals surface area contributed by atoms with Gasteiger partial charge in [0, 0.05) is 22.3 Å². The highest BCUT2D eigenvalue weighted by molar-refractivity contribution is 6.32. The van der Waals surface area contributed by atoms with E-state index in [2.05, 4.69) is 5.32 Å². The van der Waals surface area contributed by atoms with Crippen molar-refractivity contribution in [1.29, 1.82) is 0 Å². The summed E-state index contributed by atoms with van der Waals surface area (Å²) in [4.78, 5) is 21.3. The second-order valence-electron chi connectivity index (χ2n) is 4.96. The minimum Gasteiger partial charge on any atom is -0.444 e. The summed E-state index contributed by atoms with van der Waals surface area (Å²) in [6.07, 6.45) is 1.42. The number of halogens is 1. The van der Waals surface area contributed by atoms with Crippen LogP contribution in [0.4, 0.5) is 10.5 Å². The van der Waals surface area contributed by atoms with E-state index in [-0.39, 0.29) is 0 Å². The Balaban J connectivity index is 2.85. The summed E-state index contributed by atoms with van der Waals surface area (Å²) in [7, 11) is 0. The molecule has 0 spiro atoms. The van der Waals surface area contributed by atoms with Crippen molar-refractivity contribution < 1.29 is 14.5 Å². The van der Waals surface area contributed by atoms with E-state index >= 15 is 0 Å². The third kappa shape index (κ3) is 5.71. The minimum atomic E-state index is -0.607. The molecule has 0 aromatic heterocycles. The number of amides is 1. The van der Waals surface area contributed by atoms with Crippen LogP contribution in [0.3, 0.4) is 0 Å². The summed E-state index contributed by atoms with van der Waals surface area (Å²) < 4.78 is 5.10. The summed E-state index contributed by atoms with van der Waals surface area (Å²) in [5.74, 6) is 0. The van der Waals surface area contributed by atoms with Crippen LogP contribution in [0.5, 0.6) is 0 Å². The topological polar surface area (TPSA) is 81.5 Å². The number of carbonyl (C=O) groups is 1. The van der Waals surface area contributed by atoms with Gasteiger partial charge in [-0.05, 0) is 39.0 Å². The van der Waals surface area contributed by atoms with Crippen LogP contribution in [0, 0.1) is 10.1 Å². The molecule has 0 heterocycles. The molecule has 0 atom stereocenters. The van der Waals surface area contributed by atoms with E-state index in [1.807, 2.05) is 0 Å². The van der Waals surface area contributed by atoms with Crippen molar-refractivity contribution in [2.45, 2.75) is 26.4 Å². The molecule has 0 aliphatic carbocycles. The molecule has 7 heteroatoms. The van der Waals surface area contributed by atoms with E-state index in [1.165, 1.54) is 18.2 Å². The van der Waals surface area contributed by atoms with Gasteiger partial charge in [-0.25, -0.2) is 4.79 Å². The molecule has 1 aromatic carbocycles. The van der Waals surface area contributed by atoms with Gasteiger partial charge in [-0.15, -0.1) is 0 Å². The molecule has 0 saturated heterocycles. The van der Waals surface area contributed by atoms with Crippen molar-refractivity contribution in [3.63, 3.8) is 0 Å². The van der Waals surface area contributed by atoms with Gasteiger partial charge in [-0.3, -0.25) is 15.4 Å². The molecule has 108 valence electrons. The van der Waals surface area contributed by atoms with Crippen molar-refractivity contribution in [1.82, 2.24) is 0 Å². The zero-order valence-electron chi connectivity index (χ0n) is 11.3. The van der Waals surface area contributed by atoms with Gasteiger partial charge in [0.2, 0.25) is 6.20 Å². The van der Waals surface area contributed by atoms with E-state index < -0.39 is 16.6 Å². The Hall–Kier alpha value is -2.08. The van der Waals surface area contributed by atoms with Crippen LogP contribution in [0.1, 0.15) is 26.3 Å². The molecular formula is C13H15ClN2O4. The summed E-state index contributed by atoms with van der Waals surface area (Å²) >= 11 is 5.90. The zero-order valence-corrected chi connectivity index (χ0v) is 12.1. The fraction of sp³-hybridized carbons (Fsp3) is 0.308. The number of ether oxygens (including phenoxy) is 1. The molecule has 1 rings (SSSR count). The van der Waals surface area contributed by atoms with E-state index in [0.29, 0.717) is 16.3 Å². The Morgan fingerprint density at radius 2 is 2.10 bits per heavy atom. The third-order valence-electron chi connectivity index (χ3n) is 2.02. The van der Waals surface area contributed by atoms with Crippen LogP contribution >= 0.6 is 11.6 Å². The fourth-order valence-corrected chi connectivity index (χ4v) is 1.49. The molecule has 0 saturated carbocycles. The van der Waals surface area contributed by atoms with E-state index in [0.717, 1.165) is 6.20 Å². The van der Waals surface area contributed by atoms with Gasteiger partial charge >= 0.3 is 6.09 Å². The summed E-state index contributed by atoms with van der Waals surface area (Å²) in [5, 5.41) is 13.2. The number of benzene rings is 1. The first-order valence-corrected chi connectivity index (χ1v) is 6.16. The molecule has 0 aliphatic heterocycles. The lowest BCUT2D eigenvalue weighted by atomic mass is 10.2. The minimum absolute atomic E-state index is 0.345. The highest BCUT2D eigenvalue weighted by Gasteiger charge is 2.16. The van der Waals surface area contributed by atoms with Crippen LogP contribution in [-0.4, -0.2) is 16.6 Å². The number of hydrogen-bond donors (Lipinski definition) is 1. The van der Waals surface area contributed by atoms with Gasteiger partial charge in [-0.2, -0.15) is 0 Å². The first-order valence-electron chi connectivity index (χ1n) is 5.78. The quantitative estimate of drug-likeness (QED) is 0.677. The number of nitrogens with zero attached hydrogens (tertiary/aromatic N) is 1. The first-order chi connectivity index (χ1) is 9.17. The number of anilines is 1. The molecular weight excluding hydrogens is 284 g/mol. The normalized spacial score (nSPS) is 11.4. The third-order valence-corrected chi connectivity index (χ3v) is 2.36. The van der Waals surface area contributed by atoms with E-state index in [4.69, 9.17) is 16.3 Å². The fourth-order valence-electron chi connectivity index (χ4n) is 1.31. The maximum Gasteiger partial charge on any atom is 0.412 e. The van der Waals surface area contributed by atoms with Crippen LogP contribution in [0.25, 0.3) is 6.08 Å². The molecule has 20 heavy (non-hydrogen) atoms. The van der Waals surface area contributed by atoms with Crippen LogP contribution in [-0.2, 0) is 4.74 Å². The van der Waals surface area contributed by atoms with Crippen molar-refractivity contribution in [2.75, 3.05) is 5.32 Å². The maximum absolute atomic E-state index is 11.6. The average Bonchev–Trinajstić information content (AvgIpc) is 2.27. The first kappa shape index (κ1) is 16.0. The van der Waals surface area contributed by atoms with Crippen LogP contribution in [0.15, 0.2) is 24.4 Å². The Morgan fingerprint density at radius 1 is 1.45 bits per heavy atom. The monoisotopic (exact) mass is 298 g/mol.